The van der Waals surface area contributed by atoms with Gasteiger partial charge in [-0.1, -0.05) is 31.5 Å². The Labute approximate surface area is 157 Å². The maximum Gasteiger partial charge on any atom is 0.325 e. The Hall–Kier alpha value is -2.05. The van der Waals surface area contributed by atoms with Crippen LogP contribution in [0.4, 0.5) is 0 Å². The van der Waals surface area contributed by atoms with E-state index < -0.39 is 18.0 Å². The SMILES string of the molecule is C[C@@H]1C[C@H](C)CN([C@@H](C(=O)O)c2cn(CC(=O)O)c3cc(Cl)ccc23)C1. The number of hydrogen-bond donors (Lipinski definition) is 2. The third-order valence-corrected chi connectivity index (χ3v) is 5.21. The molecule has 1 aliphatic heterocycles. The summed E-state index contributed by atoms with van der Waals surface area (Å²) in [5.74, 6) is -1.07. The molecule has 2 N–H and O–H groups in total. The number of carbonyl (C=O) groups is 2. The van der Waals surface area contributed by atoms with E-state index in [2.05, 4.69) is 13.8 Å². The number of hydrogen-bond acceptors (Lipinski definition) is 3. The summed E-state index contributed by atoms with van der Waals surface area (Å²) in [7, 11) is 0. The highest BCUT2D eigenvalue weighted by molar-refractivity contribution is 6.31. The number of halogens is 1. The van der Waals surface area contributed by atoms with Crippen LogP contribution in [0.5, 0.6) is 0 Å². The zero-order valence-electron chi connectivity index (χ0n) is 14.9. The van der Waals surface area contributed by atoms with E-state index in [9.17, 15) is 19.8 Å². The van der Waals surface area contributed by atoms with E-state index in [1.54, 1.807) is 29.0 Å². The Morgan fingerprint density at radius 2 is 1.88 bits per heavy atom. The lowest BCUT2D eigenvalue weighted by Gasteiger charge is -2.38. The Morgan fingerprint density at radius 3 is 2.46 bits per heavy atom. The van der Waals surface area contributed by atoms with Gasteiger partial charge in [0, 0.05) is 35.3 Å². The van der Waals surface area contributed by atoms with Crippen molar-refractivity contribution in [2.75, 3.05) is 13.1 Å². The highest BCUT2D eigenvalue weighted by Gasteiger charge is 2.34. The minimum Gasteiger partial charge on any atom is -0.480 e. The van der Waals surface area contributed by atoms with Crippen LogP contribution in [0.25, 0.3) is 10.9 Å². The van der Waals surface area contributed by atoms with Gasteiger partial charge in [-0.3, -0.25) is 14.5 Å². The number of nitrogens with zero attached hydrogens (tertiary/aromatic N) is 2. The van der Waals surface area contributed by atoms with Gasteiger partial charge in [0.25, 0.3) is 0 Å². The van der Waals surface area contributed by atoms with Crippen LogP contribution in [0.15, 0.2) is 24.4 Å². The van der Waals surface area contributed by atoms with E-state index in [4.69, 9.17) is 11.6 Å². The zero-order chi connectivity index (χ0) is 19.0. The van der Waals surface area contributed by atoms with Crippen molar-refractivity contribution < 1.29 is 19.8 Å². The molecule has 7 heteroatoms. The van der Waals surface area contributed by atoms with Crippen LogP contribution in [0, 0.1) is 11.8 Å². The predicted octanol–water partition coefficient (Wildman–Crippen LogP) is 3.48. The normalized spacial score (nSPS) is 22.4. The molecule has 1 saturated heterocycles. The average molecular weight is 379 g/mol. The summed E-state index contributed by atoms with van der Waals surface area (Å²) >= 11 is 6.08. The van der Waals surface area contributed by atoms with Gasteiger partial charge in [0.15, 0.2) is 0 Å². The maximum absolute atomic E-state index is 12.2. The summed E-state index contributed by atoms with van der Waals surface area (Å²) in [5.41, 5.74) is 1.26. The lowest BCUT2D eigenvalue weighted by atomic mass is 9.89. The highest BCUT2D eigenvalue weighted by atomic mass is 35.5. The number of fused-ring (bicyclic) bond motifs is 1. The second kappa shape index (κ2) is 7.29. The van der Waals surface area contributed by atoms with Crippen molar-refractivity contribution in [3.05, 3.63) is 35.0 Å². The summed E-state index contributed by atoms with van der Waals surface area (Å²) in [6, 6.07) is 4.36. The molecule has 2 heterocycles. The van der Waals surface area contributed by atoms with Crippen molar-refractivity contribution in [3.63, 3.8) is 0 Å². The maximum atomic E-state index is 12.2. The van der Waals surface area contributed by atoms with E-state index in [0.717, 1.165) is 11.8 Å². The first-order valence-electron chi connectivity index (χ1n) is 8.73. The van der Waals surface area contributed by atoms with Crippen LogP contribution in [0.3, 0.4) is 0 Å². The second-order valence-electron chi connectivity index (χ2n) is 7.41. The number of rotatable bonds is 5. The fraction of sp³-hybridized carbons (Fsp3) is 0.474. The largest absolute Gasteiger partial charge is 0.480 e. The highest BCUT2D eigenvalue weighted by Crippen LogP contribution is 2.35. The molecule has 1 aromatic carbocycles. The van der Waals surface area contributed by atoms with E-state index in [0.29, 0.717) is 41.0 Å². The number of carboxylic acids is 2. The first-order chi connectivity index (χ1) is 12.3. The van der Waals surface area contributed by atoms with E-state index >= 15 is 0 Å². The first-order valence-corrected chi connectivity index (χ1v) is 9.11. The quantitative estimate of drug-likeness (QED) is 0.832. The van der Waals surface area contributed by atoms with Crippen LogP contribution >= 0.6 is 11.6 Å². The molecule has 3 atom stereocenters. The average Bonchev–Trinajstić information content (AvgIpc) is 2.83. The van der Waals surface area contributed by atoms with Crippen LogP contribution in [-0.2, 0) is 16.1 Å². The molecule has 1 aliphatic rings. The molecule has 0 spiro atoms. The summed E-state index contributed by atoms with van der Waals surface area (Å²) < 4.78 is 1.56. The van der Waals surface area contributed by atoms with Gasteiger partial charge in [-0.25, -0.2) is 0 Å². The van der Waals surface area contributed by atoms with Crippen molar-refractivity contribution in [1.29, 1.82) is 0 Å². The molecule has 3 rings (SSSR count). The van der Waals surface area contributed by atoms with Crippen molar-refractivity contribution in [2.45, 2.75) is 32.9 Å². The molecule has 140 valence electrons. The Kier molecular flexibility index (Phi) is 5.25. The smallest absolute Gasteiger partial charge is 0.325 e. The molecule has 2 aromatic rings. The van der Waals surface area contributed by atoms with Crippen LogP contribution in [0.2, 0.25) is 5.02 Å². The molecule has 0 radical (unpaired) electrons. The molecule has 0 aliphatic carbocycles. The van der Waals surface area contributed by atoms with Crippen molar-refractivity contribution in [1.82, 2.24) is 9.47 Å². The Balaban J connectivity index is 2.11. The Bertz CT molecular complexity index is 837. The fourth-order valence-electron chi connectivity index (χ4n) is 4.20. The van der Waals surface area contributed by atoms with Gasteiger partial charge in [0.1, 0.15) is 12.6 Å². The molecule has 1 fully saturated rings. The van der Waals surface area contributed by atoms with Crippen LogP contribution in [-0.4, -0.2) is 44.7 Å². The molecule has 6 nitrogen and oxygen atoms in total. The van der Waals surface area contributed by atoms with Crippen molar-refractivity contribution in [2.24, 2.45) is 11.8 Å². The van der Waals surface area contributed by atoms with E-state index in [1.165, 1.54) is 0 Å². The number of benzene rings is 1. The molecule has 0 saturated carbocycles. The van der Waals surface area contributed by atoms with Crippen LogP contribution < -0.4 is 0 Å². The summed E-state index contributed by atoms with van der Waals surface area (Å²) in [4.78, 5) is 25.4. The number of piperidine rings is 1. The predicted molar refractivity (Wildman–Crippen MR) is 99.5 cm³/mol. The van der Waals surface area contributed by atoms with Crippen molar-refractivity contribution >= 4 is 34.4 Å². The number of likely N-dealkylation sites (tertiary alicyclic amines) is 1. The monoisotopic (exact) mass is 378 g/mol. The molecule has 0 amide bonds. The van der Waals surface area contributed by atoms with E-state index in [1.807, 2.05) is 4.90 Å². The van der Waals surface area contributed by atoms with Gasteiger partial charge >= 0.3 is 11.9 Å². The number of carboxylic acid groups (broad SMARTS) is 2. The van der Waals surface area contributed by atoms with Crippen LogP contribution in [0.1, 0.15) is 31.9 Å². The lowest BCUT2D eigenvalue weighted by molar-refractivity contribution is -0.144. The molecule has 26 heavy (non-hydrogen) atoms. The number of aliphatic carboxylic acids is 2. The van der Waals surface area contributed by atoms with Gasteiger partial charge in [0.05, 0.1) is 5.52 Å². The van der Waals surface area contributed by atoms with Gasteiger partial charge in [-0.2, -0.15) is 0 Å². The minimum absolute atomic E-state index is 0.240. The standard InChI is InChI=1S/C19H23ClN2O4/c1-11-5-12(2)8-22(7-11)18(19(25)26)15-9-21(10-17(23)24)16-6-13(20)3-4-14(15)16/h3-4,6,9,11-12,18H,5,7-8,10H2,1-2H3,(H,23,24)(H,25,26)/t11-,12+,18-/m1/s1. The fourth-order valence-corrected chi connectivity index (χ4v) is 4.36. The van der Waals surface area contributed by atoms with Crippen molar-refractivity contribution in [3.8, 4) is 0 Å². The zero-order valence-corrected chi connectivity index (χ0v) is 15.6. The van der Waals surface area contributed by atoms with E-state index in [-0.39, 0.29) is 6.54 Å². The summed E-state index contributed by atoms with van der Waals surface area (Å²) in [6.07, 6.45) is 2.73. The number of aromatic nitrogens is 1. The third-order valence-electron chi connectivity index (χ3n) is 4.97. The molecular weight excluding hydrogens is 356 g/mol. The molecule has 1 aromatic heterocycles. The van der Waals surface area contributed by atoms with Gasteiger partial charge in [-0.15, -0.1) is 0 Å². The molecule has 0 bridgehead atoms. The summed E-state index contributed by atoms with van der Waals surface area (Å²) in [6.45, 7) is 5.45. The summed E-state index contributed by atoms with van der Waals surface area (Å²) in [5, 5.41) is 20.4. The second-order valence-corrected chi connectivity index (χ2v) is 7.84. The minimum atomic E-state index is -0.986. The molecule has 0 unspecified atom stereocenters. The van der Waals surface area contributed by atoms with Gasteiger partial charge in [0.2, 0.25) is 0 Å². The van der Waals surface area contributed by atoms with Gasteiger partial charge < -0.3 is 14.8 Å². The third kappa shape index (κ3) is 3.71. The molecular formula is C19H23ClN2O4. The van der Waals surface area contributed by atoms with Gasteiger partial charge in [-0.05, 0) is 30.4 Å². The Morgan fingerprint density at radius 1 is 1.23 bits per heavy atom. The topological polar surface area (TPSA) is 82.8 Å². The first kappa shape index (κ1) is 18.7. The lowest BCUT2D eigenvalue weighted by Crippen LogP contribution is -2.43.